The number of ether oxygens (including phenoxy) is 2. The van der Waals surface area contributed by atoms with Gasteiger partial charge in [-0.3, -0.25) is 14.9 Å². The van der Waals surface area contributed by atoms with Crippen molar-refractivity contribution in [3.63, 3.8) is 0 Å². The lowest BCUT2D eigenvalue weighted by Gasteiger charge is -2.25. The van der Waals surface area contributed by atoms with Gasteiger partial charge in [-0.1, -0.05) is 12.1 Å². The Balaban J connectivity index is 1.64. The van der Waals surface area contributed by atoms with Gasteiger partial charge in [0.2, 0.25) is 0 Å². The van der Waals surface area contributed by atoms with Gasteiger partial charge < -0.3 is 14.4 Å². The Morgan fingerprint density at radius 2 is 1.93 bits per heavy atom. The lowest BCUT2D eigenvalue weighted by atomic mass is 10.0. The molecular formula is C20H22N2O5. The van der Waals surface area contributed by atoms with E-state index in [0.29, 0.717) is 17.9 Å². The Bertz CT molecular complexity index is 835. The highest BCUT2D eigenvalue weighted by Crippen LogP contribution is 2.33. The van der Waals surface area contributed by atoms with Crippen LogP contribution in [0.1, 0.15) is 30.0 Å². The summed E-state index contributed by atoms with van der Waals surface area (Å²) in [6.45, 7) is 2.25. The zero-order valence-corrected chi connectivity index (χ0v) is 15.4. The molecule has 0 saturated carbocycles. The van der Waals surface area contributed by atoms with E-state index in [0.717, 1.165) is 24.2 Å². The average molecular weight is 370 g/mol. The zero-order valence-electron chi connectivity index (χ0n) is 15.4. The highest BCUT2D eigenvalue weighted by molar-refractivity contribution is 5.78. The van der Waals surface area contributed by atoms with Crippen molar-refractivity contribution in [1.82, 2.24) is 4.90 Å². The van der Waals surface area contributed by atoms with Gasteiger partial charge in [-0.05, 0) is 49.6 Å². The maximum atomic E-state index is 12.7. The third-order valence-corrected chi connectivity index (χ3v) is 4.80. The van der Waals surface area contributed by atoms with Crippen LogP contribution in [0.15, 0.2) is 42.5 Å². The molecule has 0 spiro atoms. The molecule has 1 unspecified atom stereocenters. The van der Waals surface area contributed by atoms with Crippen molar-refractivity contribution in [2.24, 2.45) is 0 Å². The third-order valence-electron chi connectivity index (χ3n) is 4.80. The van der Waals surface area contributed by atoms with Crippen LogP contribution in [0, 0.1) is 17.0 Å². The first kappa shape index (κ1) is 18.7. The van der Waals surface area contributed by atoms with Crippen LogP contribution in [0.2, 0.25) is 0 Å². The van der Waals surface area contributed by atoms with Crippen LogP contribution in [0.3, 0.4) is 0 Å². The minimum atomic E-state index is -0.437. The van der Waals surface area contributed by atoms with Crippen LogP contribution in [-0.2, 0) is 4.79 Å². The van der Waals surface area contributed by atoms with E-state index in [1.165, 1.54) is 12.1 Å². The van der Waals surface area contributed by atoms with Crippen LogP contribution < -0.4 is 9.47 Å². The van der Waals surface area contributed by atoms with Crippen LogP contribution in [0.5, 0.6) is 11.5 Å². The fraction of sp³-hybridized carbons (Fsp3) is 0.350. The van der Waals surface area contributed by atoms with E-state index in [4.69, 9.17) is 9.47 Å². The molecule has 0 bridgehead atoms. The number of likely N-dealkylation sites (tertiary alicyclic amines) is 1. The molecule has 1 amide bonds. The van der Waals surface area contributed by atoms with Crippen molar-refractivity contribution < 1.29 is 19.2 Å². The summed E-state index contributed by atoms with van der Waals surface area (Å²) in [6, 6.07) is 12.3. The molecule has 1 fully saturated rings. The van der Waals surface area contributed by atoms with Gasteiger partial charge >= 0.3 is 0 Å². The van der Waals surface area contributed by atoms with Crippen LogP contribution >= 0.6 is 0 Å². The average Bonchev–Trinajstić information content (AvgIpc) is 3.16. The number of carbonyl (C=O) groups excluding carboxylic acids is 1. The van der Waals surface area contributed by atoms with Crippen molar-refractivity contribution >= 4 is 11.6 Å². The van der Waals surface area contributed by atoms with E-state index in [9.17, 15) is 14.9 Å². The number of rotatable bonds is 6. The number of nitrogens with zero attached hydrogens (tertiary/aromatic N) is 2. The Labute approximate surface area is 157 Å². The largest absolute Gasteiger partial charge is 0.497 e. The number of amides is 1. The van der Waals surface area contributed by atoms with E-state index >= 15 is 0 Å². The van der Waals surface area contributed by atoms with Gasteiger partial charge in [0, 0.05) is 18.2 Å². The van der Waals surface area contributed by atoms with Gasteiger partial charge in [0.15, 0.2) is 6.61 Å². The molecule has 1 heterocycles. The highest BCUT2D eigenvalue weighted by atomic mass is 16.6. The highest BCUT2D eigenvalue weighted by Gasteiger charge is 2.30. The molecule has 142 valence electrons. The molecule has 3 rings (SSSR count). The molecule has 1 saturated heterocycles. The summed E-state index contributed by atoms with van der Waals surface area (Å²) in [5.41, 5.74) is 1.61. The normalized spacial score (nSPS) is 16.2. The van der Waals surface area contributed by atoms with Crippen LogP contribution in [0.4, 0.5) is 5.69 Å². The zero-order chi connectivity index (χ0) is 19.4. The molecular weight excluding hydrogens is 348 g/mol. The number of carbonyl (C=O) groups is 1. The van der Waals surface area contributed by atoms with Crippen LogP contribution in [-0.4, -0.2) is 36.0 Å². The topological polar surface area (TPSA) is 81.9 Å². The number of methoxy groups -OCH3 is 1. The maximum Gasteiger partial charge on any atom is 0.272 e. The van der Waals surface area contributed by atoms with Crippen molar-refractivity contribution in [3.05, 3.63) is 63.7 Å². The van der Waals surface area contributed by atoms with E-state index in [1.54, 1.807) is 20.1 Å². The Morgan fingerprint density at radius 1 is 1.22 bits per heavy atom. The number of hydrogen-bond donors (Lipinski definition) is 0. The van der Waals surface area contributed by atoms with Crippen molar-refractivity contribution in [2.75, 3.05) is 20.3 Å². The second-order valence-electron chi connectivity index (χ2n) is 6.51. The molecule has 0 radical (unpaired) electrons. The quantitative estimate of drug-likeness (QED) is 0.572. The van der Waals surface area contributed by atoms with Crippen molar-refractivity contribution in [3.8, 4) is 11.5 Å². The number of nitro benzene ring substituents is 1. The maximum absolute atomic E-state index is 12.7. The van der Waals surface area contributed by atoms with Crippen molar-refractivity contribution in [1.29, 1.82) is 0 Å². The van der Waals surface area contributed by atoms with Gasteiger partial charge in [-0.2, -0.15) is 0 Å². The summed E-state index contributed by atoms with van der Waals surface area (Å²) in [5, 5.41) is 10.9. The number of nitro groups is 1. The summed E-state index contributed by atoms with van der Waals surface area (Å²) in [5.74, 6) is 1.14. The summed E-state index contributed by atoms with van der Waals surface area (Å²) in [4.78, 5) is 24.9. The standard InChI is InChI=1S/C20H22N2O5/c1-14-12-17(9-10-18(14)22(24)25)27-13-20(23)21-11-3-4-19(21)15-5-7-16(26-2)8-6-15/h5-10,12,19H,3-4,11,13H2,1-2H3. The first-order chi connectivity index (χ1) is 13.0. The number of hydrogen-bond acceptors (Lipinski definition) is 5. The van der Waals surface area contributed by atoms with Crippen molar-refractivity contribution in [2.45, 2.75) is 25.8 Å². The smallest absolute Gasteiger partial charge is 0.272 e. The Morgan fingerprint density at radius 3 is 2.56 bits per heavy atom. The predicted molar refractivity (Wildman–Crippen MR) is 100 cm³/mol. The fourth-order valence-electron chi connectivity index (χ4n) is 3.39. The molecule has 1 aliphatic heterocycles. The molecule has 2 aromatic carbocycles. The summed E-state index contributed by atoms with van der Waals surface area (Å²) >= 11 is 0. The van der Waals surface area contributed by atoms with E-state index < -0.39 is 4.92 Å². The molecule has 27 heavy (non-hydrogen) atoms. The molecule has 7 nitrogen and oxygen atoms in total. The first-order valence-electron chi connectivity index (χ1n) is 8.81. The minimum absolute atomic E-state index is 0.0330. The van der Waals surface area contributed by atoms with Gasteiger partial charge in [-0.25, -0.2) is 0 Å². The molecule has 0 N–H and O–H groups in total. The summed E-state index contributed by atoms with van der Waals surface area (Å²) < 4.78 is 10.8. The predicted octanol–water partition coefficient (Wildman–Crippen LogP) is 3.65. The molecule has 7 heteroatoms. The molecule has 0 aliphatic carbocycles. The lowest BCUT2D eigenvalue weighted by molar-refractivity contribution is -0.385. The summed E-state index contributed by atoms with van der Waals surface area (Å²) in [7, 11) is 1.62. The Kier molecular flexibility index (Phi) is 5.59. The van der Waals surface area contributed by atoms with Gasteiger partial charge in [0.1, 0.15) is 11.5 Å². The Hall–Kier alpha value is -3.09. The second kappa shape index (κ2) is 8.07. The van der Waals surface area contributed by atoms with Crippen LogP contribution in [0.25, 0.3) is 0 Å². The minimum Gasteiger partial charge on any atom is -0.497 e. The number of benzene rings is 2. The van der Waals surface area contributed by atoms with Gasteiger partial charge in [0.25, 0.3) is 11.6 Å². The number of aryl methyl sites for hydroxylation is 1. The summed E-state index contributed by atoms with van der Waals surface area (Å²) in [6.07, 6.45) is 1.85. The SMILES string of the molecule is COc1ccc(C2CCCN2C(=O)COc2ccc([N+](=O)[O-])c(C)c2)cc1. The van der Waals surface area contributed by atoms with E-state index in [1.807, 2.05) is 29.2 Å². The van der Waals surface area contributed by atoms with E-state index in [2.05, 4.69) is 0 Å². The molecule has 1 aliphatic rings. The second-order valence-corrected chi connectivity index (χ2v) is 6.51. The molecule has 2 aromatic rings. The molecule has 0 aromatic heterocycles. The van der Waals surface area contributed by atoms with E-state index in [-0.39, 0.29) is 24.2 Å². The third kappa shape index (κ3) is 4.19. The van der Waals surface area contributed by atoms with Gasteiger partial charge in [-0.15, -0.1) is 0 Å². The monoisotopic (exact) mass is 370 g/mol. The van der Waals surface area contributed by atoms with Gasteiger partial charge in [0.05, 0.1) is 18.1 Å². The molecule has 1 atom stereocenters. The fourth-order valence-corrected chi connectivity index (χ4v) is 3.39. The lowest BCUT2D eigenvalue weighted by Crippen LogP contribution is -2.34. The first-order valence-corrected chi connectivity index (χ1v) is 8.81.